The van der Waals surface area contributed by atoms with Crippen LogP contribution in [-0.2, 0) is 20.6 Å². The first-order valence-corrected chi connectivity index (χ1v) is 8.30. The molecule has 4 rings (SSSR count). The van der Waals surface area contributed by atoms with Crippen LogP contribution in [0.2, 0.25) is 0 Å². The maximum absolute atomic E-state index is 9.09. The number of nitrogen functional groups attached to an aromatic ring is 1. The van der Waals surface area contributed by atoms with Crippen molar-refractivity contribution in [1.29, 1.82) is 5.26 Å². The van der Waals surface area contributed by atoms with Gasteiger partial charge in [0, 0.05) is 0 Å². The summed E-state index contributed by atoms with van der Waals surface area (Å²) in [6.45, 7) is 5.82. The molecule has 2 aliphatic heterocycles. The quantitative estimate of drug-likeness (QED) is 0.884. The van der Waals surface area contributed by atoms with E-state index in [9.17, 15) is 0 Å². The topological polar surface area (TPSA) is 121 Å². The van der Waals surface area contributed by atoms with Gasteiger partial charge >= 0.3 is 0 Å². The Balaban J connectivity index is 1.82. The first-order chi connectivity index (χ1) is 11.9. The maximum atomic E-state index is 9.09. The van der Waals surface area contributed by atoms with Gasteiger partial charge in [-0.3, -0.25) is 0 Å². The summed E-state index contributed by atoms with van der Waals surface area (Å²) in [5.74, 6) is -0.385. The minimum absolute atomic E-state index is 0.102. The zero-order valence-corrected chi connectivity index (χ0v) is 14.3. The van der Waals surface area contributed by atoms with E-state index in [1.165, 1.54) is 6.33 Å². The lowest BCUT2D eigenvalue weighted by Crippen LogP contribution is -2.28. The van der Waals surface area contributed by atoms with Crippen molar-refractivity contribution in [2.24, 2.45) is 0 Å². The van der Waals surface area contributed by atoms with Crippen LogP contribution < -0.4 is 5.73 Å². The van der Waals surface area contributed by atoms with Gasteiger partial charge in [-0.1, -0.05) is 6.92 Å². The minimum atomic E-state index is -0.683. The monoisotopic (exact) mass is 344 g/mol. The molecule has 4 heterocycles. The molecule has 2 aromatic heterocycles. The maximum Gasteiger partial charge on any atom is 0.181 e. The average Bonchev–Trinajstić information content (AvgIpc) is 3.17. The lowest BCUT2D eigenvalue weighted by Gasteiger charge is -2.24. The Bertz CT molecular complexity index is 857. The number of aromatic nitrogens is 4. The van der Waals surface area contributed by atoms with Crippen LogP contribution >= 0.6 is 0 Å². The van der Waals surface area contributed by atoms with E-state index in [1.54, 1.807) is 4.68 Å². The summed E-state index contributed by atoms with van der Waals surface area (Å²) in [6.07, 6.45) is 1.19. The van der Waals surface area contributed by atoms with Crippen molar-refractivity contribution >= 4 is 16.9 Å². The van der Waals surface area contributed by atoms with E-state index in [0.717, 1.165) is 6.42 Å². The van der Waals surface area contributed by atoms with Crippen molar-refractivity contribution in [2.75, 3.05) is 5.73 Å². The Kier molecular flexibility index (Phi) is 3.64. The standard InChI is InChI=1S/C16H20N6O3/c1-4-9-11-12(25-16(2,3)24-11)15(23-9)22-14-10(8(21-22)5-6-17)13(18)19-7-20-14/h7,9,11-12,15H,4-5H2,1-3H3,(H2,18,19,20)/t9-,11-,12-,15-/m1/s1. The summed E-state index contributed by atoms with van der Waals surface area (Å²) >= 11 is 0. The number of nitriles is 1. The highest BCUT2D eigenvalue weighted by Crippen LogP contribution is 2.44. The fraction of sp³-hybridized carbons (Fsp3) is 0.625. The molecule has 25 heavy (non-hydrogen) atoms. The fourth-order valence-corrected chi connectivity index (χ4v) is 3.63. The molecule has 0 aromatic carbocycles. The van der Waals surface area contributed by atoms with Crippen LogP contribution in [0.15, 0.2) is 6.33 Å². The predicted molar refractivity (Wildman–Crippen MR) is 87.1 cm³/mol. The van der Waals surface area contributed by atoms with E-state index < -0.39 is 12.0 Å². The molecule has 0 unspecified atom stereocenters. The van der Waals surface area contributed by atoms with Gasteiger partial charge in [0.05, 0.1) is 29.7 Å². The first kappa shape index (κ1) is 16.2. The third-order valence-electron chi connectivity index (χ3n) is 4.61. The molecule has 4 atom stereocenters. The van der Waals surface area contributed by atoms with Gasteiger partial charge in [0.2, 0.25) is 0 Å². The number of nitrogens with zero attached hydrogens (tertiary/aromatic N) is 5. The molecule has 2 N–H and O–H groups in total. The zero-order chi connectivity index (χ0) is 17.8. The molecule has 2 saturated heterocycles. The smallest absolute Gasteiger partial charge is 0.181 e. The van der Waals surface area contributed by atoms with Gasteiger partial charge in [0.15, 0.2) is 17.7 Å². The molecule has 9 nitrogen and oxygen atoms in total. The minimum Gasteiger partial charge on any atom is -0.383 e. The second-order valence-corrected chi connectivity index (χ2v) is 6.72. The predicted octanol–water partition coefficient (Wildman–Crippen LogP) is 1.30. The molecule has 2 aliphatic rings. The lowest BCUT2D eigenvalue weighted by molar-refractivity contribution is -0.197. The molecule has 0 amide bonds. The third kappa shape index (κ3) is 2.45. The summed E-state index contributed by atoms with van der Waals surface area (Å²) in [6, 6.07) is 2.10. The lowest BCUT2D eigenvalue weighted by atomic mass is 10.1. The van der Waals surface area contributed by atoms with E-state index in [0.29, 0.717) is 22.5 Å². The van der Waals surface area contributed by atoms with Crippen molar-refractivity contribution in [3.8, 4) is 6.07 Å². The molecule has 132 valence electrons. The molecule has 0 spiro atoms. The summed E-state index contributed by atoms with van der Waals surface area (Å²) in [7, 11) is 0. The van der Waals surface area contributed by atoms with Gasteiger partial charge in [-0.25, -0.2) is 14.6 Å². The van der Waals surface area contributed by atoms with E-state index in [2.05, 4.69) is 21.1 Å². The van der Waals surface area contributed by atoms with Gasteiger partial charge in [-0.05, 0) is 20.3 Å². The second kappa shape index (κ2) is 5.62. The summed E-state index contributed by atoms with van der Waals surface area (Å²) in [5, 5.41) is 14.2. The SMILES string of the molecule is CC[C@H]1O[C@@H](n2nc(CC#N)c3c(N)ncnc32)[C@@H]2OC(C)(C)O[C@@H]21. The van der Waals surface area contributed by atoms with Gasteiger partial charge < -0.3 is 19.9 Å². The van der Waals surface area contributed by atoms with E-state index in [-0.39, 0.29) is 24.7 Å². The number of hydrogen-bond donors (Lipinski definition) is 1. The van der Waals surface area contributed by atoms with Gasteiger partial charge in [-0.15, -0.1) is 0 Å². The third-order valence-corrected chi connectivity index (χ3v) is 4.61. The first-order valence-electron chi connectivity index (χ1n) is 8.30. The van der Waals surface area contributed by atoms with E-state index in [1.807, 2.05) is 20.8 Å². The van der Waals surface area contributed by atoms with Crippen LogP contribution in [-0.4, -0.2) is 43.8 Å². The van der Waals surface area contributed by atoms with E-state index >= 15 is 0 Å². The Morgan fingerprint density at radius 3 is 2.80 bits per heavy atom. The highest BCUT2D eigenvalue weighted by molar-refractivity contribution is 5.88. The van der Waals surface area contributed by atoms with Crippen LogP contribution in [0.1, 0.15) is 39.1 Å². The summed E-state index contributed by atoms with van der Waals surface area (Å²) in [5.41, 5.74) is 7.06. The molecule has 0 aliphatic carbocycles. The van der Waals surface area contributed by atoms with Crippen LogP contribution in [0.4, 0.5) is 5.82 Å². The van der Waals surface area contributed by atoms with Crippen molar-refractivity contribution in [3.63, 3.8) is 0 Å². The van der Waals surface area contributed by atoms with Gasteiger partial charge in [-0.2, -0.15) is 10.4 Å². The van der Waals surface area contributed by atoms with E-state index in [4.69, 9.17) is 25.2 Å². The van der Waals surface area contributed by atoms with Crippen molar-refractivity contribution in [3.05, 3.63) is 12.0 Å². The molecule has 0 radical (unpaired) electrons. The largest absolute Gasteiger partial charge is 0.383 e. The van der Waals surface area contributed by atoms with Crippen molar-refractivity contribution in [2.45, 2.75) is 63.9 Å². The normalized spacial score (nSPS) is 30.5. The van der Waals surface area contributed by atoms with Gasteiger partial charge in [0.25, 0.3) is 0 Å². The average molecular weight is 344 g/mol. The zero-order valence-electron chi connectivity index (χ0n) is 14.3. The highest BCUT2D eigenvalue weighted by atomic mass is 16.8. The van der Waals surface area contributed by atoms with Crippen molar-refractivity contribution in [1.82, 2.24) is 19.7 Å². The van der Waals surface area contributed by atoms with Crippen LogP contribution in [0.3, 0.4) is 0 Å². The molecular formula is C16H20N6O3. The Morgan fingerprint density at radius 2 is 2.08 bits per heavy atom. The Hall–Kier alpha value is -2.28. The number of fused-ring (bicyclic) bond motifs is 2. The molecule has 2 aromatic rings. The number of nitrogens with two attached hydrogens (primary N) is 1. The number of rotatable bonds is 3. The Labute approximate surface area is 144 Å². The summed E-state index contributed by atoms with van der Waals surface area (Å²) < 4.78 is 19.9. The summed E-state index contributed by atoms with van der Waals surface area (Å²) in [4.78, 5) is 8.33. The van der Waals surface area contributed by atoms with Crippen LogP contribution in [0.5, 0.6) is 0 Å². The second-order valence-electron chi connectivity index (χ2n) is 6.72. The number of hydrogen-bond acceptors (Lipinski definition) is 8. The van der Waals surface area contributed by atoms with Crippen LogP contribution in [0.25, 0.3) is 11.0 Å². The Morgan fingerprint density at radius 1 is 1.32 bits per heavy atom. The fourth-order valence-electron chi connectivity index (χ4n) is 3.63. The molecule has 9 heteroatoms. The number of ether oxygens (including phenoxy) is 3. The highest BCUT2D eigenvalue weighted by Gasteiger charge is 2.56. The molecular weight excluding hydrogens is 324 g/mol. The van der Waals surface area contributed by atoms with Crippen LogP contribution in [0, 0.1) is 11.3 Å². The molecule has 0 saturated carbocycles. The van der Waals surface area contributed by atoms with Gasteiger partial charge in [0.1, 0.15) is 24.4 Å². The van der Waals surface area contributed by atoms with Crippen molar-refractivity contribution < 1.29 is 14.2 Å². The molecule has 2 fully saturated rings. The number of anilines is 1. The molecule has 0 bridgehead atoms.